The van der Waals surface area contributed by atoms with E-state index in [1.54, 1.807) is 6.92 Å². The Morgan fingerprint density at radius 1 is 1.24 bits per heavy atom. The average molecular weight is 488 g/mol. The van der Waals surface area contributed by atoms with E-state index in [4.69, 9.17) is 17.2 Å². The number of thiol groups is 1. The summed E-state index contributed by atoms with van der Waals surface area (Å²) < 4.78 is 0. The highest BCUT2D eigenvalue weighted by Gasteiger charge is 2.37. The van der Waals surface area contributed by atoms with Crippen LogP contribution in [0.5, 0.6) is 0 Å². The molecule has 0 aromatic rings. The number of guanidine groups is 1. The van der Waals surface area contributed by atoms with E-state index in [1.807, 2.05) is 6.92 Å². The summed E-state index contributed by atoms with van der Waals surface area (Å²) in [7, 11) is 0. The van der Waals surface area contributed by atoms with Crippen LogP contribution in [-0.2, 0) is 19.2 Å². The third kappa shape index (κ3) is 8.72. The maximum Gasteiger partial charge on any atom is 0.326 e. The largest absolute Gasteiger partial charge is 0.480 e. The van der Waals surface area contributed by atoms with Crippen LogP contribution in [0.2, 0.25) is 0 Å². The molecule has 33 heavy (non-hydrogen) atoms. The number of nitrogens with zero attached hydrogens (tertiary/aromatic N) is 2. The Kier molecular flexibility index (Phi) is 12.0. The fourth-order valence-electron chi connectivity index (χ4n) is 3.56. The van der Waals surface area contributed by atoms with Gasteiger partial charge in [-0.1, -0.05) is 20.3 Å². The Morgan fingerprint density at radius 2 is 1.91 bits per heavy atom. The Labute approximate surface area is 199 Å². The highest BCUT2D eigenvalue weighted by atomic mass is 32.1. The normalized spacial score (nSPS) is 19.2. The summed E-state index contributed by atoms with van der Waals surface area (Å²) in [6, 6.07) is -3.69. The molecular formula is C20H37N7O5S. The van der Waals surface area contributed by atoms with Gasteiger partial charge in [0.1, 0.15) is 18.1 Å². The number of hydrogen-bond donors (Lipinski definition) is 7. The quantitative estimate of drug-likeness (QED) is 0.0694. The van der Waals surface area contributed by atoms with E-state index >= 15 is 0 Å². The van der Waals surface area contributed by atoms with Crippen molar-refractivity contribution in [1.29, 1.82) is 0 Å². The predicted octanol–water partition coefficient (Wildman–Crippen LogP) is -1.61. The number of aliphatic imine (C=N–C) groups is 1. The predicted molar refractivity (Wildman–Crippen MR) is 127 cm³/mol. The number of amides is 3. The van der Waals surface area contributed by atoms with Crippen molar-refractivity contribution >= 4 is 42.3 Å². The van der Waals surface area contributed by atoms with Crippen molar-refractivity contribution in [3.8, 4) is 0 Å². The van der Waals surface area contributed by atoms with E-state index in [-0.39, 0.29) is 23.5 Å². The number of nitrogens with two attached hydrogens (primary N) is 3. The molecule has 12 nitrogen and oxygen atoms in total. The number of carboxylic acid groups (broad SMARTS) is 1. The molecule has 0 spiro atoms. The van der Waals surface area contributed by atoms with Gasteiger partial charge in [-0.2, -0.15) is 12.6 Å². The van der Waals surface area contributed by atoms with Crippen LogP contribution in [0.4, 0.5) is 0 Å². The maximum absolute atomic E-state index is 12.9. The Bertz CT molecular complexity index is 732. The number of hydrogen-bond acceptors (Lipinski definition) is 7. The molecule has 13 heteroatoms. The first-order valence-corrected chi connectivity index (χ1v) is 11.7. The molecule has 0 radical (unpaired) electrons. The van der Waals surface area contributed by atoms with Gasteiger partial charge in [0.25, 0.3) is 0 Å². The molecule has 0 aromatic carbocycles. The number of carboxylic acids is 1. The standard InChI is InChI=1S/C20H37N7O5S/c1-3-11(2)15(19(31)32)26-16(28)13(10-33)25-17(29)14-7-5-9-27(14)18(30)12(21)6-4-8-24-20(22)23/h11-15,33H,3-10,21H2,1-2H3,(H,25,29)(H,26,28)(H,31,32)(H4,22,23,24). The fourth-order valence-corrected chi connectivity index (χ4v) is 3.81. The fraction of sp³-hybridized carbons (Fsp3) is 0.750. The van der Waals surface area contributed by atoms with Gasteiger partial charge in [0.2, 0.25) is 17.7 Å². The van der Waals surface area contributed by atoms with E-state index < -0.39 is 42.0 Å². The molecule has 3 amide bonds. The van der Waals surface area contributed by atoms with Gasteiger partial charge >= 0.3 is 5.97 Å². The number of aliphatic carboxylic acids is 1. The second kappa shape index (κ2) is 13.9. The van der Waals surface area contributed by atoms with Crippen molar-refractivity contribution in [2.75, 3.05) is 18.8 Å². The summed E-state index contributed by atoms with van der Waals surface area (Å²) in [6.45, 7) is 4.27. The highest BCUT2D eigenvalue weighted by molar-refractivity contribution is 7.80. The average Bonchev–Trinajstić information content (AvgIpc) is 3.26. The zero-order valence-electron chi connectivity index (χ0n) is 19.2. The molecule has 188 valence electrons. The lowest BCUT2D eigenvalue weighted by Gasteiger charge is -2.28. The molecule has 1 fully saturated rings. The van der Waals surface area contributed by atoms with E-state index in [9.17, 15) is 24.3 Å². The van der Waals surface area contributed by atoms with E-state index in [1.165, 1.54) is 4.90 Å². The Morgan fingerprint density at radius 3 is 2.45 bits per heavy atom. The zero-order chi connectivity index (χ0) is 25.1. The van der Waals surface area contributed by atoms with Crippen molar-refractivity contribution in [2.45, 2.75) is 70.1 Å². The number of carbonyl (C=O) groups is 4. The number of nitrogens with one attached hydrogen (secondary N) is 2. The van der Waals surface area contributed by atoms with Crippen LogP contribution in [-0.4, -0.2) is 82.7 Å². The van der Waals surface area contributed by atoms with Gasteiger partial charge in [-0.3, -0.25) is 19.4 Å². The van der Waals surface area contributed by atoms with Gasteiger partial charge in [0, 0.05) is 18.8 Å². The smallest absolute Gasteiger partial charge is 0.326 e. The summed E-state index contributed by atoms with van der Waals surface area (Å²) in [5, 5.41) is 14.5. The molecule has 1 saturated heterocycles. The second-order valence-corrected chi connectivity index (χ2v) is 8.56. The number of likely N-dealkylation sites (tertiary alicyclic amines) is 1. The molecule has 5 unspecified atom stereocenters. The minimum absolute atomic E-state index is 0.0324. The highest BCUT2D eigenvalue weighted by Crippen LogP contribution is 2.19. The van der Waals surface area contributed by atoms with Crippen molar-refractivity contribution in [3.05, 3.63) is 0 Å². The van der Waals surface area contributed by atoms with Crippen LogP contribution in [0.1, 0.15) is 46.0 Å². The van der Waals surface area contributed by atoms with Gasteiger partial charge < -0.3 is 37.8 Å². The zero-order valence-corrected chi connectivity index (χ0v) is 20.1. The lowest BCUT2D eigenvalue weighted by molar-refractivity contribution is -0.144. The first-order chi connectivity index (χ1) is 15.5. The van der Waals surface area contributed by atoms with Crippen LogP contribution in [0.3, 0.4) is 0 Å². The minimum atomic E-state index is -1.15. The van der Waals surface area contributed by atoms with E-state index in [0.717, 1.165) is 0 Å². The first-order valence-electron chi connectivity index (χ1n) is 11.1. The van der Waals surface area contributed by atoms with Crippen LogP contribution in [0.25, 0.3) is 0 Å². The van der Waals surface area contributed by atoms with Gasteiger partial charge in [-0.05, 0) is 31.6 Å². The second-order valence-electron chi connectivity index (χ2n) is 8.20. The van der Waals surface area contributed by atoms with E-state index in [0.29, 0.717) is 45.2 Å². The first kappa shape index (κ1) is 28.5. The third-order valence-electron chi connectivity index (χ3n) is 5.72. The molecule has 0 aromatic heterocycles. The lowest BCUT2D eigenvalue weighted by atomic mass is 9.99. The monoisotopic (exact) mass is 487 g/mol. The Hall–Kier alpha value is -2.54. The minimum Gasteiger partial charge on any atom is -0.480 e. The van der Waals surface area contributed by atoms with Crippen LogP contribution in [0.15, 0.2) is 4.99 Å². The van der Waals surface area contributed by atoms with Gasteiger partial charge in [-0.25, -0.2) is 4.79 Å². The van der Waals surface area contributed by atoms with Crippen molar-refractivity contribution in [3.63, 3.8) is 0 Å². The summed E-state index contributed by atoms with van der Waals surface area (Å²) in [4.78, 5) is 55.0. The molecule has 0 aliphatic carbocycles. The summed E-state index contributed by atoms with van der Waals surface area (Å²) >= 11 is 4.13. The van der Waals surface area contributed by atoms with Crippen LogP contribution in [0, 0.1) is 5.92 Å². The maximum atomic E-state index is 12.9. The molecule has 0 bridgehead atoms. The van der Waals surface area contributed by atoms with Gasteiger partial charge in [0.05, 0.1) is 6.04 Å². The van der Waals surface area contributed by atoms with Gasteiger partial charge in [0.15, 0.2) is 5.96 Å². The molecule has 5 atom stereocenters. The van der Waals surface area contributed by atoms with Crippen molar-refractivity contribution < 1.29 is 24.3 Å². The molecular weight excluding hydrogens is 450 g/mol. The molecule has 1 heterocycles. The summed E-state index contributed by atoms with van der Waals surface area (Å²) in [6.07, 6.45) is 2.48. The van der Waals surface area contributed by atoms with Crippen molar-refractivity contribution in [2.24, 2.45) is 28.1 Å². The topological polar surface area (TPSA) is 206 Å². The lowest BCUT2D eigenvalue weighted by Crippen LogP contribution is -2.57. The molecule has 1 aliphatic rings. The summed E-state index contributed by atoms with van der Waals surface area (Å²) in [5.74, 6) is -3.01. The van der Waals surface area contributed by atoms with Crippen molar-refractivity contribution in [1.82, 2.24) is 15.5 Å². The SMILES string of the molecule is CCC(C)C(NC(=O)C(CS)NC(=O)C1CCCN1C(=O)C(N)CCCN=C(N)N)C(=O)O. The molecule has 0 saturated carbocycles. The number of carbonyl (C=O) groups excluding carboxylic acids is 3. The van der Waals surface area contributed by atoms with Crippen LogP contribution < -0.4 is 27.8 Å². The van der Waals surface area contributed by atoms with Crippen LogP contribution >= 0.6 is 12.6 Å². The van der Waals surface area contributed by atoms with E-state index in [2.05, 4.69) is 28.3 Å². The third-order valence-corrected chi connectivity index (χ3v) is 6.08. The Balaban J connectivity index is 2.74. The molecule has 1 rings (SSSR count). The molecule has 1 aliphatic heterocycles. The summed E-state index contributed by atoms with van der Waals surface area (Å²) in [5.41, 5.74) is 16.5. The number of rotatable bonds is 13. The van der Waals surface area contributed by atoms with Gasteiger partial charge in [-0.15, -0.1) is 0 Å². The molecule has 9 N–H and O–H groups in total.